The Kier molecular flexibility index (Phi) is 4.07. The van der Waals surface area contributed by atoms with Gasteiger partial charge in [-0.15, -0.1) is 6.58 Å². The van der Waals surface area contributed by atoms with Crippen molar-refractivity contribution in [3.63, 3.8) is 0 Å². The summed E-state index contributed by atoms with van der Waals surface area (Å²) in [5.41, 5.74) is 1.26. The van der Waals surface area contributed by atoms with E-state index in [9.17, 15) is 9.90 Å². The molecule has 1 aliphatic heterocycles. The van der Waals surface area contributed by atoms with Crippen LogP contribution in [0.3, 0.4) is 0 Å². The van der Waals surface area contributed by atoms with Crippen LogP contribution in [0.1, 0.15) is 58.3 Å². The first-order valence-corrected chi connectivity index (χ1v) is 10.9. The second kappa shape index (κ2) is 6.15. The summed E-state index contributed by atoms with van der Waals surface area (Å²) in [6.45, 7) is 6.52. The monoisotopic (exact) mass is 368 g/mol. The first-order chi connectivity index (χ1) is 13.0. The summed E-state index contributed by atoms with van der Waals surface area (Å²) in [6, 6.07) is 0. The number of hydrogen-bond acceptors (Lipinski definition) is 3. The molecule has 1 heterocycles. The number of aliphatic hydroxyl groups excluding tert-OH is 1. The number of fused-ring (bicyclic) bond motifs is 6. The van der Waals surface area contributed by atoms with Gasteiger partial charge in [0.15, 0.2) is 12.1 Å². The van der Waals surface area contributed by atoms with Crippen LogP contribution in [-0.2, 0) is 9.53 Å². The molecule has 0 bridgehead atoms. The maximum absolute atomic E-state index is 12.0. The van der Waals surface area contributed by atoms with Crippen molar-refractivity contribution in [1.29, 1.82) is 0 Å². The fourth-order valence-electron chi connectivity index (χ4n) is 8.08. The molecule has 1 spiro atoms. The standard InChI is InChI=1S/C24H32O3/c1-3-15-13-16-14-17(25)5-6-18(16)19-7-10-23(4-2)20(22(15)19)8-11-24(23)12-9-21(26)27-24/h3,9,12,14-15,18-22,26H,1,4-8,10-11,13H2,2H3/t15-,18+,19?,20?,21?,22?,23+,24-/m1/s1. The van der Waals surface area contributed by atoms with Crippen LogP contribution >= 0.6 is 0 Å². The normalized spacial score (nSPS) is 50.9. The number of aliphatic hydroxyl groups is 1. The summed E-state index contributed by atoms with van der Waals surface area (Å²) in [4.78, 5) is 12.0. The quantitative estimate of drug-likeness (QED) is 0.726. The third kappa shape index (κ3) is 2.31. The predicted molar refractivity (Wildman–Crippen MR) is 105 cm³/mol. The highest BCUT2D eigenvalue weighted by atomic mass is 16.6. The van der Waals surface area contributed by atoms with Crippen LogP contribution in [0.5, 0.6) is 0 Å². The smallest absolute Gasteiger partial charge is 0.175 e. The third-order valence-corrected chi connectivity index (χ3v) is 9.06. The molecule has 5 rings (SSSR count). The Morgan fingerprint density at radius 3 is 2.89 bits per heavy atom. The minimum absolute atomic E-state index is 0.134. The molecule has 4 aliphatic carbocycles. The molecule has 3 saturated carbocycles. The van der Waals surface area contributed by atoms with Crippen LogP contribution in [0.4, 0.5) is 0 Å². The van der Waals surface area contributed by atoms with Gasteiger partial charge in [0.05, 0.1) is 5.60 Å². The van der Waals surface area contributed by atoms with Crippen LogP contribution in [0.25, 0.3) is 0 Å². The molecule has 4 unspecified atom stereocenters. The Hall–Kier alpha value is -1.19. The molecule has 0 aromatic carbocycles. The molecule has 0 aromatic heterocycles. The summed E-state index contributed by atoms with van der Waals surface area (Å²) in [5, 5.41) is 10.1. The highest BCUT2D eigenvalue weighted by Gasteiger charge is 2.66. The van der Waals surface area contributed by atoms with Gasteiger partial charge in [0, 0.05) is 11.8 Å². The van der Waals surface area contributed by atoms with Gasteiger partial charge in [-0.3, -0.25) is 4.79 Å². The van der Waals surface area contributed by atoms with E-state index in [4.69, 9.17) is 4.74 Å². The lowest BCUT2D eigenvalue weighted by molar-refractivity contribution is -0.190. The lowest BCUT2D eigenvalue weighted by Crippen LogP contribution is -2.55. The Bertz CT molecular complexity index is 721. The van der Waals surface area contributed by atoms with Gasteiger partial charge in [0.1, 0.15) is 0 Å². The van der Waals surface area contributed by atoms with Gasteiger partial charge >= 0.3 is 0 Å². The van der Waals surface area contributed by atoms with Crippen LogP contribution in [0, 0.1) is 35.0 Å². The molecule has 0 saturated heterocycles. The predicted octanol–water partition coefficient (Wildman–Crippen LogP) is 4.57. The van der Waals surface area contributed by atoms with E-state index in [2.05, 4.69) is 25.7 Å². The summed E-state index contributed by atoms with van der Waals surface area (Å²) < 4.78 is 6.21. The summed E-state index contributed by atoms with van der Waals surface area (Å²) in [5.74, 6) is 3.32. The van der Waals surface area contributed by atoms with Crippen LogP contribution in [0.2, 0.25) is 0 Å². The van der Waals surface area contributed by atoms with E-state index in [0.29, 0.717) is 35.4 Å². The molecule has 0 amide bonds. The topological polar surface area (TPSA) is 46.5 Å². The maximum Gasteiger partial charge on any atom is 0.175 e. The minimum Gasteiger partial charge on any atom is -0.365 e. The van der Waals surface area contributed by atoms with Crippen LogP contribution < -0.4 is 0 Å². The molecule has 0 aromatic rings. The zero-order valence-corrected chi connectivity index (χ0v) is 16.4. The van der Waals surface area contributed by atoms with E-state index in [1.165, 1.54) is 24.8 Å². The highest BCUT2D eigenvalue weighted by Crippen LogP contribution is 2.69. The second-order valence-electron chi connectivity index (χ2n) is 9.63. The molecule has 0 radical (unpaired) electrons. The molecular formula is C24H32O3. The van der Waals surface area contributed by atoms with Crippen LogP contribution in [0.15, 0.2) is 36.5 Å². The van der Waals surface area contributed by atoms with E-state index >= 15 is 0 Å². The Morgan fingerprint density at radius 2 is 2.19 bits per heavy atom. The van der Waals surface area contributed by atoms with Crippen molar-refractivity contribution in [3.8, 4) is 0 Å². The minimum atomic E-state index is -0.745. The molecule has 3 fully saturated rings. The molecule has 5 aliphatic rings. The molecule has 27 heavy (non-hydrogen) atoms. The van der Waals surface area contributed by atoms with E-state index in [0.717, 1.165) is 32.1 Å². The second-order valence-corrected chi connectivity index (χ2v) is 9.63. The Morgan fingerprint density at radius 1 is 1.33 bits per heavy atom. The molecule has 1 N–H and O–H groups in total. The number of carbonyl (C=O) groups is 1. The SMILES string of the molecule is C=C[C@@H]1CC2=CC(=O)CC[C@@H]2C2CC[C@@]3(CC)C(CC[C@@]34C=CC(O)O4)C21. The van der Waals surface area contributed by atoms with Crippen molar-refractivity contribution in [2.45, 2.75) is 70.2 Å². The van der Waals surface area contributed by atoms with Crippen molar-refractivity contribution >= 4 is 5.78 Å². The van der Waals surface area contributed by atoms with Crippen molar-refractivity contribution in [2.75, 3.05) is 0 Å². The van der Waals surface area contributed by atoms with Gasteiger partial charge in [0.25, 0.3) is 0 Å². The fraction of sp³-hybridized carbons (Fsp3) is 0.708. The van der Waals surface area contributed by atoms with Gasteiger partial charge in [-0.05, 0) is 86.7 Å². The third-order valence-electron chi connectivity index (χ3n) is 9.06. The average Bonchev–Trinajstić information content (AvgIpc) is 3.21. The van der Waals surface area contributed by atoms with Crippen molar-refractivity contribution < 1.29 is 14.6 Å². The van der Waals surface area contributed by atoms with E-state index in [1.54, 1.807) is 0 Å². The number of ether oxygens (including phenoxy) is 1. The molecule has 8 atom stereocenters. The Labute approximate surface area is 162 Å². The zero-order chi connectivity index (χ0) is 18.8. The first kappa shape index (κ1) is 17.9. The highest BCUT2D eigenvalue weighted by molar-refractivity contribution is 5.91. The largest absolute Gasteiger partial charge is 0.365 e. The number of rotatable bonds is 2. The lowest BCUT2D eigenvalue weighted by Gasteiger charge is -2.58. The van der Waals surface area contributed by atoms with Gasteiger partial charge in [0.2, 0.25) is 0 Å². The molecule has 3 nitrogen and oxygen atoms in total. The number of carbonyl (C=O) groups excluding carboxylic acids is 1. The van der Waals surface area contributed by atoms with Crippen molar-refractivity contribution in [1.82, 2.24) is 0 Å². The zero-order valence-electron chi connectivity index (χ0n) is 16.4. The lowest BCUT2D eigenvalue weighted by atomic mass is 9.47. The summed E-state index contributed by atoms with van der Waals surface area (Å²) in [6.07, 6.45) is 15.9. The first-order valence-electron chi connectivity index (χ1n) is 10.9. The summed E-state index contributed by atoms with van der Waals surface area (Å²) >= 11 is 0. The van der Waals surface area contributed by atoms with Gasteiger partial charge in [-0.1, -0.05) is 24.6 Å². The Balaban J connectivity index is 1.54. The van der Waals surface area contributed by atoms with Gasteiger partial charge < -0.3 is 9.84 Å². The molecule has 3 heteroatoms. The number of allylic oxidation sites excluding steroid dienone is 2. The van der Waals surface area contributed by atoms with E-state index < -0.39 is 6.29 Å². The maximum atomic E-state index is 12.0. The molecule has 146 valence electrons. The van der Waals surface area contributed by atoms with Gasteiger partial charge in [-0.2, -0.15) is 0 Å². The molecular weight excluding hydrogens is 336 g/mol. The fourth-order valence-corrected chi connectivity index (χ4v) is 8.08. The van der Waals surface area contributed by atoms with E-state index in [-0.39, 0.29) is 11.0 Å². The van der Waals surface area contributed by atoms with E-state index in [1.807, 2.05) is 12.2 Å². The number of ketones is 1. The summed E-state index contributed by atoms with van der Waals surface area (Å²) in [7, 11) is 0. The van der Waals surface area contributed by atoms with Crippen LogP contribution in [-0.4, -0.2) is 22.8 Å². The number of hydrogen-bond donors (Lipinski definition) is 1. The van der Waals surface area contributed by atoms with Crippen molar-refractivity contribution in [2.24, 2.45) is 35.0 Å². The van der Waals surface area contributed by atoms with Gasteiger partial charge in [-0.25, -0.2) is 0 Å². The van der Waals surface area contributed by atoms with Crippen molar-refractivity contribution in [3.05, 3.63) is 36.5 Å². The average molecular weight is 369 g/mol.